The number of hydrogen-bond donors (Lipinski definition) is 0. The average Bonchev–Trinajstić information content (AvgIpc) is 2.84. The molecule has 0 unspecified atom stereocenters. The molecule has 33 heavy (non-hydrogen) atoms. The van der Waals surface area contributed by atoms with Crippen molar-refractivity contribution in [3.05, 3.63) is 51.5 Å². The van der Waals surface area contributed by atoms with Gasteiger partial charge < -0.3 is 23.5 Å². The Bertz CT molecular complexity index is 1170. The van der Waals surface area contributed by atoms with Gasteiger partial charge in [0.2, 0.25) is 5.43 Å². The van der Waals surface area contributed by atoms with Crippen molar-refractivity contribution in [1.82, 2.24) is 4.57 Å². The number of allylic oxidation sites excluding steroid dienone is 4. The lowest BCUT2D eigenvalue weighted by atomic mass is 9.94. The van der Waals surface area contributed by atoms with Crippen LogP contribution in [0.15, 0.2) is 35.0 Å². The molecule has 0 N–H and O–H groups in total. The van der Waals surface area contributed by atoms with Crippen molar-refractivity contribution < 1.29 is 23.7 Å². The number of hydrogen-bond acceptors (Lipinski definition) is 6. The summed E-state index contributed by atoms with van der Waals surface area (Å²) in [6.07, 6.45) is 9.50. The van der Waals surface area contributed by atoms with Gasteiger partial charge >= 0.3 is 5.97 Å². The van der Waals surface area contributed by atoms with Crippen LogP contribution in [0.1, 0.15) is 50.7 Å². The fraction of sp³-hybridized carbons (Fsp3) is 0.462. The van der Waals surface area contributed by atoms with Crippen LogP contribution >= 0.6 is 0 Å². The molecule has 2 heterocycles. The number of rotatable bonds is 8. The van der Waals surface area contributed by atoms with E-state index >= 15 is 0 Å². The molecule has 0 spiro atoms. The predicted molar refractivity (Wildman–Crippen MR) is 127 cm³/mol. The van der Waals surface area contributed by atoms with Crippen LogP contribution in [0.2, 0.25) is 0 Å². The lowest BCUT2D eigenvalue weighted by molar-refractivity contribution is -0.143. The van der Waals surface area contributed by atoms with Gasteiger partial charge in [-0.15, -0.1) is 0 Å². The maximum atomic E-state index is 13.9. The fourth-order valence-electron chi connectivity index (χ4n) is 4.41. The van der Waals surface area contributed by atoms with E-state index in [1.54, 1.807) is 24.8 Å². The van der Waals surface area contributed by atoms with Crippen molar-refractivity contribution in [2.45, 2.75) is 52.5 Å². The molecule has 2 aliphatic rings. The number of aryl methyl sites for hydroxylation is 1. The molecule has 1 aromatic carbocycles. The smallest absolute Gasteiger partial charge is 0.325 e. The molecule has 176 valence electrons. The summed E-state index contributed by atoms with van der Waals surface area (Å²) in [6.45, 7) is 5.15. The summed E-state index contributed by atoms with van der Waals surface area (Å²) in [5.41, 5.74) is 2.91. The van der Waals surface area contributed by atoms with Gasteiger partial charge in [0.25, 0.3) is 0 Å². The number of esters is 1. The summed E-state index contributed by atoms with van der Waals surface area (Å²) in [6, 6.07) is 1.96. The predicted octanol–water partition coefficient (Wildman–Crippen LogP) is 4.39. The molecule has 7 heteroatoms. The highest BCUT2D eigenvalue weighted by Crippen LogP contribution is 2.39. The van der Waals surface area contributed by atoms with E-state index in [2.05, 4.69) is 0 Å². The molecule has 4 rings (SSSR count). The molecule has 7 nitrogen and oxygen atoms in total. The molecule has 1 aliphatic heterocycles. The first-order chi connectivity index (χ1) is 16.1. The van der Waals surface area contributed by atoms with Crippen molar-refractivity contribution in [3.63, 3.8) is 0 Å². The molecule has 1 aromatic heterocycles. The number of ether oxygens (including phenoxy) is 4. The van der Waals surface area contributed by atoms with Crippen molar-refractivity contribution in [2.75, 3.05) is 26.9 Å². The van der Waals surface area contributed by atoms with Gasteiger partial charge in [-0.25, -0.2) is 0 Å². The Morgan fingerprint density at radius 3 is 2.73 bits per heavy atom. The average molecular weight is 454 g/mol. The molecule has 0 saturated heterocycles. The van der Waals surface area contributed by atoms with Crippen molar-refractivity contribution >= 4 is 22.4 Å². The zero-order valence-electron chi connectivity index (χ0n) is 19.6. The van der Waals surface area contributed by atoms with Crippen LogP contribution in [0.5, 0.6) is 11.5 Å². The SMILES string of the molecule is CCCOc1cc2c(c3c(=O)c(C4=CC=C(OC)CC4)cn(CC(=O)OCC)c13)OCCC2. The maximum Gasteiger partial charge on any atom is 0.325 e. The Labute approximate surface area is 193 Å². The highest BCUT2D eigenvalue weighted by atomic mass is 16.5. The van der Waals surface area contributed by atoms with E-state index in [1.165, 1.54) is 0 Å². The Kier molecular flexibility index (Phi) is 7.06. The minimum absolute atomic E-state index is 0.0225. The monoisotopic (exact) mass is 453 g/mol. The van der Waals surface area contributed by atoms with E-state index < -0.39 is 0 Å². The molecular formula is C26H31NO6. The van der Waals surface area contributed by atoms with Crippen LogP contribution in [0.4, 0.5) is 0 Å². The van der Waals surface area contributed by atoms with Crippen molar-refractivity contribution in [2.24, 2.45) is 0 Å². The zero-order valence-corrected chi connectivity index (χ0v) is 19.6. The number of benzene rings is 1. The van der Waals surface area contributed by atoms with E-state index in [0.717, 1.165) is 36.2 Å². The van der Waals surface area contributed by atoms with Crippen LogP contribution in [-0.4, -0.2) is 37.5 Å². The third-order valence-electron chi connectivity index (χ3n) is 5.96. The Balaban J connectivity index is 1.99. The van der Waals surface area contributed by atoms with Crippen molar-refractivity contribution in [1.29, 1.82) is 0 Å². The standard InChI is InChI=1S/C26H31NO6/c1-4-12-32-21-14-18-7-6-13-33-26(18)23-24(21)27(16-22(28)31-5-2)15-20(25(23)29)17-8-10-19(30-3)11-9-17/h8,10,14-15H,4-7,9,11-13,16H2,1-3H3. The largest absolute Gasteiger partial charge is 0.501 e. The summed E-state index contributed by atoms with van der Waals surface area (Å²) in [5.74, 6) is 1.72. The van der Waals surface area contributed by atoms with Gasteiger partial charge in [0.15, 0.2) is 0 Å². The lowest BCUT2D eigenvalue weighted by Gasteiger charge is -2.24. The normalized spacial score (nSPS) is 15.2. The van der Waals surface area contributed by atoms with E-state index in [0.29, 0.717) is 54.0 Å². The van der Waals surface area contributed by atoms with Gasteiger partial charge in [0, 0.05) is 18.2 Å². The molecule has 0 saturated carbocycles. The molecule has 1 aliphatic carbocycles. The van der Waals surface area contributed by atoms with Gasteiger partial charge in [-0.2, -0.15) is 0 Å². The van der Waals surface area contributed by atoms with Gasteiger partial charge in [0.1, 0.15) is 18.0 Å². The topological polar surface area (TPSA) is 76.0 Å². The summed E-state index contributed by atoms with van der Waals surface area (Å²) < 4.78 is 24.4. The summed E-state index contributed by atoms with van der Waals surface area (Å²) in [5, 5.41) is 0.475. The number of methoxy groups -OCH3 is 1. The first kappa shape index (κ1) is 23.0. The Morgan fingerprint density at radius 1 is 1.18 bits per heavy atom. The maximum absolute atomic E-state index is 13.9. The number of carbonyl (C=O) groups excluding carboxylic acids is 1. The molecule has 0 radical (unpaired) electrons. The van der Waals surface area contributed by atoms with Crippen LogP contribution in [0.3, 0.4) is 0 Å². The fourth-order valence-corrected chi connectivity index (χ4v) is 4.41. The first-order valence-electron chi connectivity index (χ1n) is 11.7. The highest BCUT2D eigenvalue weighted by molar-refractivity contribution is 5.95. The molecular weight excluding hydrogens is 422 g/mol. The third kappa shape index (κ3) is 4.63. The number of aromatic nitrogens is 1. The Hall–Kier alpha value is -3.22. The van der Waals surface area contributed by atoms with Crippen LogP contribution < -0.4 is 14.9 Å². The van der Waals surface area contributed by atoms with Crippen LogP contribution in [0, 0.1) is 0 Å². The molecule has 0 bridgehead atoms. The summed E-state index contributed by atoms with van der Waals surface area (Å²) >= 11 is 0. The van der Waals surface area contributed by atoms with E-state index in [1.807, 2.05) is 25.1 Å². The first-order valence-corrected chi connectivity index (χ1v) is 11.7. The quantitative estimate of drug-likeness (QED) is 0.552. The van der Waals surface area contributed by atoms with E-state index in [-0.39, 0.29) is 24.5 Å². The van der Waals surface area contributed by atoms with Crippen LogP contribution in [-0.2, 0) is 27.2 Å². The van der Waals surface area contributed by atoms with Crippen LogP contribution in [0.25, 0.3) is 16.5 Å². The van der Waals surface area contributed by atoms with Gasteiger partial charge in [-0.1, -0.05) is 13.0 Å². The minimum atomic E-state index is -0.368. The molecule has 0 fully saturated rings. The third-order valence-corrected chi connectivity index (χ3v) is 5.96. The van der Waals surface area contributed by atoms with E-state index in [4.69, 9.17) is 18.9 Å². The summed E-state index contributed by atoms with van der Waals surface area (Å²) in [4.78, 5) is 26.4. The molecule has 0 amide bonds. The second-order valence-corrected chi connectivity index (χ2v) is 8.22. The number of pyridine rings is 1. The van der Waals surface area contributed by atoms with Gasteiger partial charge in [-0.05, 0) is 55.9 Å². The Morgan fingerprint density at radius 2 is 2.03 bits per heavy atom. The number of carbonyl (C=O) groups is 1. The minimum Gasteiger partial charge on any atom is -0.501 e. The lowest BCUT2D eigenvalue weighted by Crippen LogP contribution is -2.22. The summed E-state index contributed by atoms with van der Waals surface area (Å²) in [7, 11) is 1.65. The second-order valence-electron chi connectivity index (χ2n) is 8.22. The highest BCUT2D eigenvalue weighted by Gasteiger charge is 2.25. The van der Waals surface area contributed by atoms with E-state index in [9.17, 15) is 9.59 Å². The number of fused-ring (bicyclic) bond motifs is 3. The number of nitrogens with zero attached hydrogens (tertiary/aromatic N) is 1. The molecule has 2 aromatic rings. The van der Waals surface area contributed by atoms with Gasteiger partial charge in [0.05, 0.1) is 43.6 Å². The van der Waals surface area contributed by atoms with Crippen molar-refractivity contribution in [3.8, 4) is 11.5 Å². The van der Waals surface area contributed by atoms with Gasteiger partial charge in [-0.3, -0.25) is 9.59 Å². The zero-order chi connectivity index (χ0) is 23.4. The second kappa shape index (κ2) is 10.1. The molecule has 0 atom stereocenters.